The number of hydrogen-bond acceptors (Lipinski definition) is 5. The van der Waals surface area contributed by atoms with Crippen LogP contribution in [0.4, 0.5) is 8.78 Å². The molecule has 1 aromatic heterocycles. The first-order valence-electron chi connectivity index (χ1n) is 8.71. The van der Waals surface area contributed by atoms with Crippen molar-refractivity contribution in [2.24, 2.45) is 0 Å². The highest BCUT2D eigenvalue weighted by Gasteiger charge is 2.19. The quantitative estimate of drug-likeness (QED) is 0.629. The Morgan fingerprint density at radius 1 is 1.28 bits per heavy atom. The standard InChI is InChI=1S/C21H17F2N3O2S/c1-13-2-5-16(6-3-13)28-11-21-25-15(12-29-21)9-20(27)26-19(10-24)17-7-4-14(22)8-18(17)23/h2-8,12,19H,9,11H2,1H3,(H,26,27). The van der Waals surface area contributed by atoms with E-state index in [1.807, 2.05) is 37.3 Å². The summed E-state index contributed by atoms with van der Waals surface area (Å²) in [4.78, 5) is 16.6. The van der Waals surface area contributed by atoms with Gasteiger partial charge in [0.1, 0.15) is 35.0 Å². The first-order valence-corrected chi connectivity index (χ1v) is 9.59. The highest BCUT2D eigenvalue weighted by molar-refractivity contribution is 7.09. The van der Waals surface area contributed by atoms with Gasteiger partial charge in [-0.25, -0.2) is 13.8 Å². The van der Waals surface area contributed by atoms with Gasteiger partial charge in [-0.15, -0.1) is 11.3 Å². The van der Waals surface area contributed by atoms with E-state index in [-0.39, 0.29) is 18.6 Å². The fraction of sp³-hybridized carbons (Fsp3) is 0.190. The van der Waals surface area contributed by atoms with Crippen LogP contribution in [-0.2, 0) is 17.8 Å². The Morgan fingerprint density at radius 3 is 2.72 bits per heavy atom. The molecule has 1 amide bonds. The van der Waals surface area contributed by atoms with E-state index in [4.69, 9.17) is 4.74 Å². The van der Waals surface area contributed by atoms with Crippen LogP contribution in [0.3, 0.4) is 0 Å². The van der Waals surface area contributed by atoms with Gasteiger partial charge in [-0.05, 0) is 25.1 Å². The zero-order chi connectivity index (χ0) is 20.8. The van der Waals surface area contributed by atoms with Crippen molar-refractivity contribution >= 4 is 17.2 Å². The van der Waals surface area contributed by atoms with Gasteiger partial charge in [-0.2, -0.15) is 5.26 Å². The summed E-state index contributed by atoms with van der Waals surface area (Å²) in [6, 6.07) is 11.1. The molecule has 1 N–H and O–H groups in total. The van der Waals surface area contributed by atoms with E-state index < -0.39 is 23.6 Å². The highest BCUT2D eigenvalue weighted by Crippen LogP contribution is 2.19. The molecular formula is C21H17F2N3O2S. The first-order chi connectivity index (χ1) is 13.9. The summed E-state index contributed by atoms with van der Waals surface area (Å²) in [5.41, 5.74) is 1.56. The molecule has 0 bridgehead atoms. The number of halogens is 2. The monoisotopic (exact) mass is 413 g/mol. The molecule has 2 aromatic carbocycles. The number of rotatable bonds is 7. The van der Waals surface area contributed by atoms with Crippen molar-refractivity contribution in [3.63, 3.8) is 0 Å². The van der Waals surface area contributed by atoms with Crippen LogP contribution in [0.15, 0.2) is 47.8 Å². The van der Waals surface area contributed by atoms with Crippen LogP contribution in [-0.4, -0.2) is 10.9 Å². The number of aryl methyl sites for hydroxylation is 1. The largest absolute Gasteiger partial charge is 0.486 e. The van der Waals surface area contributed by atoms with E-state index in [2.05, 4.69) is 10.3 Å². The number of nitriles is 1. The molecule has 1 heterocycles. The number of carbonyl (C=O) groups excluding carboxylic acids is 1. The summed E-state index contributed by atoms with van der Waals surface area (Å²) in [7, 11) is 0. The second-order valence-electron chi connectivity index (χ2n) is 6.31. The van der Waals surface area contributed by atoms with Crippen LogP contribution >= 0.6 is 11.3 Å². The maximum absolute atomic E-state index is 13.8. The van der Waals surface area contributed by atoms with E-state index in [1.165, 1.54) is 11.3 Å². The van der Waals surface area contributed by atoms with Crippen LogP contribution in [0.25, 0.3) is 0 Å². The number of thiazole rings is 1. The van der Waals surface area contributed by atoms with Crippen molar-refractivity contribution in [3.05, 3.63) is 81.3 Å². The number of nitrogens with zero attached hydrogens (tertiary/aromatic N) is 2. The second-order valence-corrected chi connectivity index (χ2v) is 7.25. The summed E-state index contributed by atoms with van der Waals surface area (Å²) in [6.07, 6.45) is -0.0674. The number of ether oxygens (including phenoxy) is 1. The number of amides is 1. The highest BCUT2D eigenvalue weighted by atomic mass is 32.1. The summed E-state index contributed by atoms with van der Waals surface area (Å²) >= 11 is 1.36. The summed E-state index contributed by atoms with van der Waals surface area (Å²) in [5, 5.41) is 14.1. The third-order valence-corrected chi connectivity index (χ3v) is 4.90. The Balaban J connectivity index is 1.56. The molecule has 0 saturated heterocycles. The lowest BCUT2D eigenvalue weighted by Gasteiger charge is -2.12. The maximum Gasteiger partial charge on any atom is 0.227 e. The summed E-state index contributed by atoms with van der Waals surface area (Å²) in [5.74, 6) is -1.40. The Hall–Kier alpha value is -3.31. The van der Waals surface area contributed by atoms with E-state index in [1.54, 1.807) is 5.38 Å². The zero-order valence-electron chi connectivity index (χ0n) is 15.5. The number of aromatic nitrogens is 1. The number of benzene rings is 2. The van der Waals surface area contributed by atoms with Gasteiger partial charge >= 0.3 is 0 Å². The topological polar surface area (TPSA) is 75.0 Å². The molecule has 0 fully saturated rings. The van der Waals surface area contributed by atoms with Crippen LogP contribution < -0.4 is 10.1 Å². The second kappa shape index (κ2) is 9.26. The fourth-order valence-corrected chi connectivity index (χ4v) is 3.27. The Labute approximate surface area is 170 Å². The normalized spacial score (nSPS) is 11.5. The predicted octanol–water partition coefficient (Wildman–Crippen LogP) is 4.23. The van der Waals surface area contributed by atoms with Gasteiger partial charge in [-0.1, -0.05) is 23.8 Å². The van der Waals surface area contributed by atoms with Gasteiger partial charge in [0.15, 0.2) is 0 Å². The Morgan fingerprint density at radius 2 is 2.03 bits per heavy atom. The zero-order valence-corrected chi connectivity index (χ0v) is 16.3. The van der Waals surface area contributed by atoms with Crippen molar-refractivity contribution < 1.29 is 18.3 Å². The third kappa shape index (κ3) is 5.59. The lowest BCUT2D eigenvalue weighted by molar-refractivity contribution is -0.120. The Bertz CT molecular complexity index is 1040. The molecule has 0 saturated carbocycles. The van der Waals surface area contributed by atoms with Gasteiger partial charge in [0.25, 0.3) is 0 Å². The minimum Gasteiger partial charge on any atom is -0.486 e. The summed E-state index contributed by atoms with van der Waals surface area (Å²) in [6.45, 7) is 2.26. The van der Waals surface area contributed by atoms with Gasteiger partial charge in [0.2, 0.25) is 5.91 Å². The molecule has 0 aliphatic carbocycles. The number of hydrogen-bond donors (Lipinski definition) is 1. The van der Waals surface area contributed by atoms with E-state index in [9.17, 15) is 18.8 Å². The molecule has 3 rings (SSSR count). The lowest BCUT2D eigenvalue weighted by Crippen LogP contribution is -2.29. The van der Waals surface area contributed by atoms with Gasteiger partial charge in [-0.3, -0.25) is 4.79 Å². The molecule has 1 atom stereocenters. The first kappa shape index (κ1) is 20.4. The SMILES string of the molecule is Cc1ccc(OCc2nc(CC(=O)NC(C#N)c3ccc(F)cc3F)cs2)cc1. The molecule has 148 valence electrons. The van der Waals surface area contributed by atoms with Crippen molar-refractivity contribution in [1.82, 2.24) is 10.3 Å². The van der Waals surface area contributed by atoms with Crippen LogP contribution in [0.5, 0.6) is 5.75 Å². The lowest BCUT2D eigenvalue weighted by atomic mass is 10.1. The van der Waals surface area contributed by atoms with Crippen LogP contribution in [0, 0.1) is 29.9 Å². The van der Waals surface area contributed by atoms with Gasteiger partial charge < -0.3 is 10.1 Å². The molecule has 0 aliphatic heterocycles. The molecule has 0 spiro atoms. The van der Waals surface area contributed by atoms with Crippen molar-refractivity contribution in [2.75, 3.05) is 0 Å². The predicted molar refractivity (Wildman–Crippen MR) is 104 cm³/mol. The van der Waals surface area contributed by atoms with Crippen LogP contribution in [0.2, 0.25) is 0 Å². The summed E-state index contributed by atoms with van der Waals surface area (Å²) < 4.78 is 32.5. The van der Waals surface area contributed by atoms with Crippen molar-refractivity contribution in [1.29, 1.82) is 5.26 Å². The van der Waals surface area contributed by atoms with Crippen molar-refractivity contribution in [3.8, 4) is 11.8 Å². The maximum atomic E-state index is 13.8. The van der Waals surface area contributed by atoms with Gasteiger partial charge in [0, 0.05) is 17.0 Å². The van der Waals surface area contributed by atoms with Crippen molar-refractivity contribution in [2.45, 2.75) is 26.0 Å². The third-order valence-electron chi connectivity index (χ3n) is 4.03. The van der Waals surface area contributed by atoms with Gasteiger partial charge in [0.05, 0.1) is 18.2 Å². The molecular weight excluding hydrogens is 396 g/mol. The molecule has 29 heavy (non-hydrogen) atoms. The molecule has 0 aliphatic rings. The molecule has 1 unspecified atom stereocenters. The minimum absolute atomic E-state index is 0.0674. The smallest absolute Gasteiger partial charge is 0.227 e. The molecule has 3 aromatic rings. The number of carbonyl (C=O) groups is 1. The molecule has 0 radical (unpaired) electrons. The number of nitrogens with one attached hydrogen (secondary N) is 1. The fourth-order valence-electron chi connectivity index (χ4n) is 2.57. The van der Waals surface area contributed by atoms with E-state index >= 15 is 0 Å². The Kier molecular flexibility index (Phi) is 6.52. The molecule has 5 nitrogen and oxygen atoms in total. The minimum atomic E-state index is -1.22. The van der Waals surface area contributed by atoms with E-state index in [0.29, 0.717) is 16.8 Å². The van der Waals surface area contributed by atoms with E-state index in [0.717, 1.165) is 23.4 Å². The average Bonchev–Trinajstić information content (AvgIpc) is 3.13. The average molecular weight is 413 g/mol. The molecule has 8 heteroatoms. The van der Waals surface area contributed by atoms with Crippen LogP contribution in [0.1, 0.15) is 27.9 Å².